The number of hydrogen-bond donors (Lipinski definition) is 5. The number of ether oxygens (including phenoxy) is 1. The van der Waals surface area contributed by atoms with E-state index in [9.17, 15) is 0 Å². The van der Waals surface area contributed by atoms with Crippen LogP contribution in [0.4, 0.5) is 11.5 Å². The largest absolute Gasteiger partial charge is 0.400 e. The highest BCUT2D eigenvalue weighted by molar-refractivity contribution is 7.99. The lowest BCUT2D eigenvalue weighted by Gasteiger charge is -2.16. The number of aliphatic hydroxyl groups excluding tert-OH is 3. The maximum atomic E-state index is 8.80. The van der Waals surface area contributed by atoms with E-state index in [1.54, 1.807) is 11.8 Å². The fraction of sp³-hybridized carbons (Fsp3) is 0.778. The molecule has 6 N–H and O–H groups in total. The van der Waals surface area contributed by atoms with E-state index in [4.69, 9.17) is 37.4 Å². The van der Waals surface area contributed by atoms with Crippen molar-refractivity contribution in [3.8, 4) is 0 Å². The Morgan fingerprint density at radius 3 is 2.43 bits per heavy atom. The smallest absolute Gasteiger partial charge is 0.191 e. The van der Waals surface area contributed by atoms with Gasteiger partial charge in [-0.1, -0.05) is 44.1 Å². The van der Waals surface area contributed by atoms with Gasteiger partial charge in [0.25, 0.3) is 0 Å². The van der Waals surface area contributed by atoms with Gasteiger partial charge in [-0.05, 0) is 25.7 Å². The molecule has 1 heterocycles. The lowest BCUT2D eigenvalue weighted by molar-refractivity contribution is 0.0326. The molecular weight excluding hydrogens is 404 g/mol. The van der Waals surface area contributed by atoms with Gasteiger partial charge in [-0.15, -0.1) is 0 Å². The molecule has 0 aliphatic heterocycles. The third-order valence-electron chi connectivity index (χ3n) is 3.48. The van der Waals surface area contributed by atoms with E-state index in [-0.39, 0.29) is 18.8 Å². The first-order valence-corrected chi connectivity index (χ1v) is 10.8. The number of hydrogen-bond acceptors (Lipinski definition) is 9. The SMILES string of the molecule is CC.CCCSc1nc(Cl)c(N)c(N[C@H]2CC[C@@H](OCCO)C2)n1.CO.CO. The van der Waals surface area contributed by atoms with Crippen molar-refractivity contribution in [1.29, 1.82) is 0 Å². The minimum Gasteiger partial charge on any atom is -0.400 e. The summed E-state index contributed by atoms with van der Waals surface area (Å²) >= 11 is 7.67. The van der Waals surface area contributed by atoms with E-state index < -0.39 is 0 Å². The normalized spacial score (nSPS) is 17.3. The Morgan fingerprint density at radius 2 is 1.86 bits per heavy atom. The van der Waals surface area contributed by atoms with Gasteiger partial charge in [-0.25, -0.2) is 9.97 Å². The summed E-state index contributed by atoms with van der Waals surface area (Å²) in [5.74, 6) is 1.55. The zero-order valence-electron chi connectivity index (χ0n) is 17.6. The zero-order valence-corrected chi connectivity index (χ0v) is 19.2. The second-order valence-electron chi connectivity index (χ2n) is 5.28. The third kappa shape index (κ3) is 11.2. The molecule has 0 amide bonds. The van der Waals surface area contributed by atoms with Crippen LogP contribution in [0, 0.1) is 0 Å². The van der Waals surface area contributed by atoms with E-state index in [1.165, 1.54) is 0 Å². The Labute approximate surface area is 178 Å². The van der Waals surface area contributed by atoms with Crippen molar-refractivity contribution < 1.29 is 20.1 Å². The summed E-state index contributed by atoms with van der Waals surface area (Å²) in [5, 5.41) is 27.1. The van der Waals surface area contributed by atoms with Crippen LogP contribution in [0.1, 0.15) is 46.5 Å². The van der Waals surface area contributed by atoms with Crippen LogP contribution in [0.3, 0.4) is 0 Å². The highest BCUT2D eigenvalue weighted by atomic mass is 35.5. The van der Waals surface area contributed by atoms with Gasteiger partial charge in [-0.3, -0.25) is 0 Å². The van der Waals surface area contributed by atoms with Crippen molar-refractivity contribution in [3.05, 3.63) is 5.15 Å². The summed E-state index contributed by atoms with van der Waals surface area (Å²) in [6, 6.07) is 0.251. The van der Waals surface area contributed by atoms with Crippen LogP contribution in [-0.2, 0) is 4.74 Å². The quantitative estimate of drug-likeness (QED) is 0.235. The molecule has 1 aliphatic carbocycles. The topological polar surface area (TPSA) is 134 Å². The van der Waals surface area contributed by atoms with Gasteiger partial charge in [0, 0.05) is 26.0 Å². The molecule has 0 aromatic carbocycles. The number of rotatable bonds is 8. The molecule has 0 spiro atoms. The average Bonchev–Trinajstić information content (AvgIpc) is 3.20. The molecule has 1 aromatic heterocycles. The van der Waals surface area contributed by atoms with E-state index in [0.29, 0.717) is 28.4 Å². The van der Waals surface area contributed by atoms with E-state index in [1.807, 2.05) is 13.8 Å². The van der Waals surface area contributed by atoms with E-state index >= 15 is 0 Å². The molecule has 10 heteroatoms. The molecule has 1 saturated carbocycles. The molecule has 28 heavy (non-hydrogen) atoms. The van der Waals surface area contributed by atoms with Crippen LogP contribution in [0.15, 0.2) is 5.16 Å². The molecule has 1 aliphatic rings. The van der Waals surface area contributed by atoms with E-state index in [2.05, 4.69) is 22.2 Å². The van der Waals surface area contributed by atoms with Crippen molar-refractivity contribution in [2.24, 2.45) is 0 Å². The molecule has 8 nitrogen and oxygen atoms in total. The minimum atomic E-state index is 0.0566. The van der Waals surface area contributed by atoms with Crippen LogP contribution in [-0.4, -0.2) is 70.6 Å². The van der Waals surface area contributed by atoms with Crippen molar-refractivity contribution >= 4 is 34.9 Å². The molecule has 0 bridgehead atoms. The molecule has 166 valence electrons. The fourth-order valence-corrected chi connectivity index (χ4v) is 3.34. The second-order valence-corrected chi connectivity index (χ2v) is 6.70. The lowest BCUT2D eigenvalue weighted by atomic mass is 10.2. The number of anilines is 2. The summed E-state index contributed by atoms with van der Waals surface area (Å²) < 4.78 is 5.57. The van der Waals surface area contributed by atoms with Gasteiger partial charge in [0.2, 0.25) is 0 Å². The Kier molecular flexibility index (Phi) is 20.4. The molecule has 0 unspecified atom stereocenters. The first-order chi connectivity index (χ1) is 13.6. The summed E-state index contributed by atoms with van der Waals surface area (Å²) in [6.07, 6.45) is 4.05. The number of nitrogens with zero attached hydrogens (tertiary/aromatic N) is 2. The van der Waals surface area contributed by atoms with Gasteiger partial charge in [0.15, 0.2) is 16.1 Å². The highest BCUT2D eigenvalue weighted by Gasteiger charge is 2.26. The Balaban J connectivity index is 0. The van der Waals surface area contributed by atoms with Gasteiger partial charge >= 0.3 is 0 Å². The number of aromatic nitrogens is 2. The molecule has 1 fully saturated rings. The molecule has 2 atom stereocenters. The summed E-state index contributed by atoms with van der Waals surface area (Å²) in [5.41, 5.74) is 6.37. The Hall–Kier alpha value is -0.840. The second kappa shape index (κ2) is 19.5. The van der Waals surface area contributed by atoms with E-state index in [0.717, 1.165) is 45.7 Å². The third-order valence-corrected chi connectivity index (χ3v) is 4.83. The highest BCUT2D eigenvalue weighted by Crippen LogP contribution is 2.31. The number of nitrogens with one attached hydrogen (secondary N) is 1. The number of nitrogens with two attached hydrogens (primary N) is 1. The maximum absolute atomic E-state index is 8.80. The van der Waals surface area contributed by atoms with Gasteiger partial charge in [0.05, 0.1) is 19.3 Å². The van der Waals surface area contributed by atoms with Crippen LogP contribution < -0.4 is 11.1 Å². The van der Waals surface area contributed by atoms with Crippen LogP contribution in [0.2, 0.25) is 5.15 Å². The standard InChI is InChI=1S/C14H23ClN4O2S.C2H6.2CH4O/c1-2-7-22-14-18-12(15)11(16)13(19-14)17-9-3-4-10(8-9)21-6-5-20;3*1-2/h9-10,20H,2-8,16H2,1H3,(H,17,18,19);1-2H3;2*2H,1H3/t9-,10+;;;/m0.../s1. The lowest BCUT2D eigenvalue weighted by Crippen LogP contribution is -2.20. The van der Waals surface area contributed by atoms with Crippen LogP contribution in [0.5, 0.6) is 0 Å². The zero-order chi connectivity index (χ0) is 21.9. The van der Waals surface area contributed by atoms with Crippen LogP contribution in [0.25, 0.3) is 0 Å². The monoisotopic (exact) mass is 440 g/mol. The predicted octanol–water partition coefficient (Wildman–Crippen LogP) is 2.80. The van der Waals surface area contributed by atoms with Crippen LogP contribution >= 0.6 is 23.4 Å². The Bertz CT molecular complexity index is 501. The summed E-state index contributed by atoms with van der Waals surface area (Å²) in [4.78, 5) is 8.67. The molecule has 0 radical (unpaired) electrons. The van der Waals surface area contributed by atoms with Crippen molar-refractivity contribution in [3.63, 3.8) is 0 Å². The molecule has 2 rings (SSSR count). The molecule has 1 aromatic rings. The first kappa shape index (κ1) is 29.4. The minimum absolute atomic E-state index is 0.0566. The summed E-state index contributed by atoms with van der Waals surface area (Å²) in [6.45, 7) is 6.55. The predicted molar refractivity (Wildman–Crippen MR) is 118 cm³/mol. The first-order valence-electron chi connectivity index (χ1n) is 9.48. The average molecular weight is 441 g/mol. The van der Waals surface area contributed by atoms with Gasteiger partial charge in [0.1, 0.15) is 5.69 Å². The molecular formula is C18H37ClN4O4S. The maximum Gasteiger partial charge on any atom is 0.191 e. The summed E-state index contributed by atoms with van der Waals surface area (Å²) in [7, 11) is 2.00. The van der Waals surface area contributed by atoms with Crippen molar-refractivity contribution in [2.75, 3.05) is 44.2 Å². The fourth-order valence-electron chi connectivity index (χ4n) is 2.43. The van der Waals surface area contributed by atoms with Gasteiger partial charge in [-0.2, -0.15) is 0 Å². The number of thioether (sulfide) groups is 1. The molecule has 0 saturated heterocycles. The number of nitrogen functional groups attached to an aromatic ring is 1. The number of halogens is 1. The number of aliphatic hydroxyl groups is 3. The Morgan fingerprint density at radius 1 is 1.21 bits per heavy atom. The van der Waals surface area contributed by atoms with Gasteiger partial charge < -0.3 is 31.1 Å². The van der Waals surface area contributed by atoms with Crippen molar-refractivity contribution in [1.82, 2.24) is 9.97 Å². The van der Waals surface area contributed by atoms with Crippen molar-refractivity contribution in [2.45, 2.75) is 63.8 Å².